The lowest BCUT2D eigenvalue weighted by Crippen LogP contribution is -2.12. The first kappa shape index (κ1) is 38.4. The zero-order chi connectivity index (χ0) is 42.2. The van der Waals surface area contributed by atoms with Gasteiger partial charge in [0.25, 0.3) is 0 Å². The van der Waals surface area contributed by atoms with Crippen LogP contribution in [0.2, 0.25) is 0 Å². The fraction of sp³-hybridized carbons (Fsp3) is 0. The first-order chi connectivity index (χ1) is 31.3. The van der Waals surface area contributed by atoms with Crippen molar-refractivity contribution in [2.24, 2.45) is 0 Å². The van der Waals surface area contributed by atoms with Crippen molar-refractivity contribution in [1.82, 2.24) is 29.9 Å². The van der Waals surface area contributed by atoms with Crippen molar-refractivity contribution >= 4 is 52.0 Å². The van der Waals surface area contributed by atoms with E-state index in [9.17, 15) is 0 Å². The third-order valence-corrected chi connectivity index (χ3v) is 10.6. The van der Waals surface area contributed by atoms with Crippen LogP contribution in [0.15, 0.2) is 237 Å². The summed E-state index contributed by atoms with van der Waals surface area (Å²) in [5.41, 5.74) is 9.32. The van der Waals surface area contributed by atoms with E-state index in [4.69, 9.17) is 9.97 Å². The van der Waals surface area contributed by atoms with Crippen LogP contribution < -0.4 is 14.7 Å². The molecule has 0 aliphatic rings. The third-order valence-electron chi connectivity index (χ3n) is 10.6. The summed E-state index contributed by atoms with van der Waals surface area (Å²) < 4.78 is 0. The zero-order valence-corrected chi connectivity index (χ0v) is 34.0. The van der Waals surface area contributed by atoms with Crippen molar-refractivity contribution in [2.45, 2.75) is 0 Å². The van der Waals surface area contributed by atoms with E-state index in [0.717, 1.165) is 85.4 Å². The van der Waals surface area contributed by atoms with Crippen LogP contribution in [0.4, 0.5) is 52.0 Å². The summed E-state index contributed by atoms with van der Waals surface area (Å²) in [7, 11) is 0. The Kier molecular flexibility index (Phi) is 10.8. The Morgan fingerprint density at radius 3 is 0.714 bits per heavy atom. The second-order valence-corrected chi connectivity index (χ2v) is 14.5. The van der Waals surface area contributed by atoms with E-state index in [-0.39, 0.29) is 0 Å². The molecule has 6 heterocycles. The molecule has 0 amide bonds. The second kappa shape index (κ2) is 17.8. The van der Waals surface area contributed by atoms with Crippen LogP contribution in [0.5, 0.6) is 0 Å². The third kappa shape index (κ3) is 8.09. The molecule has 10 rings (SSSR count). The Bertz CT molecular complexity index is 2750. The van der Waals surface area contributed by atoms with E-state index in [2.05, 4.69) is 126 Å². The van der Waals surface area contributed by atoms with Gasteiger partial charge in [-0.05, 0) is 143 Å². The van der Waals surface area contributed by atoms with Gasteiger partial charge < -0.3 is 0 Å². The predicted octanol–water partition coefficient (Wildman–Crippen LogP) is 13.5. The number of hydrogen-bond acceptors (Lipinski definition) is 9. The van der Waals surface area contributed by atoms with Gasteiger partial charge in [-0.25, -0.2) is 29.9 Å². The maximum Gasteiger partial charge on any atom is 0.138 e. The Morgan fingerprint density at radius 1 is 0.222 bits per heavy atom. The highest BCUT2D eigenvalue weighted by Gasteiger charge is 2.20. The van der Waals surface area contributed by atoms with E-state index in [1.165, 1.54) is 0 Å². The van der Waals surface area contributed by atoms with Gasteiger partial charge in [0.2, 0.25) is 0 Å². The standard InChI is InChI=1S/C54H39N9/c1-7-34-55-48(16-1)61(49-17-2-8-35-56-49)43-28-22-40(23-29-43)46-14-13-15-47(41-24-30-44(31-25-41)62(50-18-3-9-36-57-50)51-19-4-10-37-58-51)54(46)42-26-32-45(33-27-42)63(52-20-5-11-38-59-52)53-21-6-12-39-60-53/h1-39H. The monoisotopic (exact) mass is 813 g/mol. The smallest absolute Gasteiger partial charge is 0.138 e. The molecular formula is C54H39N9. The van der Waals surface area contributed by atoms with Gasteiger partial charge in [0.05, 0.1) is 0 Å². The topological polar surface area (TPSA) is 87.1 Å². The molecule has 9 heteroatoms. The van der Waals surface area contributed by atoms with Gasteiger partial charge in [-0.3, -0.25) is 14.7 Å². The maximum absolute atomic E-state index is 4.70. The number of rotatable bonds is 12. The number of benzene rings is 4. The fourth-order valence-corrected chi connectivity index (χ4v) is 7.76. The number of pyridine rings is 6. The summed E-state index contributed by atoms with van der Waals surface area (Å²) in [6.45, 7) is 0. The average molecular weight is 814 g/mol. The Balaban J connectivity index is 1.09. The van der Waals surface area contributed by atoms with E-state index < -0.39 is 0 Å². The summed E-state index contributed by atoms with van der Waals surface area (Å²) in [6.07, 6.45) is 10.8. The summed E-state index contributed by atoms with van der Waals surface area (Å²) >= 11 is 0. The minimum absolute atomic E-state index is 0.779. The van der Waals surface area contributed by atoms with E-state index in [1.54, 1.807) is 37.2 Å². The van der Waals surface area contributed by atoms with Crippen molar-refractivity contribution in [1.29, 1.82) is 0 Å². The minimum atomic E-state index is 0.779. The Labute approximate surface area is 366 Å². The molecule has 10 aromatic rings. The molecule has 9 nitrogen and oxygen atoms in total. The van der Waals surface area contributed by atoms with Crippen LogP contribution >= 0.6 is 0 Å². The molecule has 0 saturated carbocycles. The van der Waals surface area contributed by atoms with Crippen molar-refractivity contribution in [3.63, 3.8) is 0 Å². The molecule has 0 N–H and O–H groups in total. The van der Waals surface area contributed by atoms with Crippen LogP contribution in [0.25, 0.3) is 33.4 Å². The normalized spacial score (nSPS) is 10.9. The molecule has 0 radical (unpaired) electrons. The number of nitrogens with zero attached hydrogens (tertiary/aromatic N) is 9. The van der Waals surface area contributed by atoms with Crippen LogP contribution in [0, 0.1) is 0 Å². The van der Waals surface area contributed by atoms with E-state index in [1.807, 2.05) is 109 Å². The van der Waals surface area contributed by atoms with Crippen LogP contribution in [0.3, 0.4) is 0 Å². The highest BCUT2D eigenvalue weighted by atomic mass is 15.3. The van der Waals surface area contributed by atoms with Gasteiger partial charge >= 0.3 is 0 Å². The largest absolute Gasteiger partial charge is 0.279 e. The molecule has 0 aliphatic heterocycles. The highest BCUT2D eigenvalue weighted by Crippen LogP contribution is 2.43. The van der Waals surface area contributed by atoms with Gasteiger partial charge in [0, 0.05) is 54.2 Å². The molecular weight excluding hydrogens is 775 g/mol. The van der Waals surface area contributed by atoms with Crippen molar-refractivity contribution in [2.75, 3.05) is 14.7 Å². The summed E-state index contributed by atoms with van der Waals surface area (Å²) in [5, 5.41) is 0. The molecule has 0 bridgehead atoms. The lowest BCUT2D eigenvalue weighted by Gasteiger charge is -2.24. The van der Waals surface area contributed by atoms with Gasteiger partial charge in [0.15, 0.2) is 0 Å². The first-order valence-corrected chi connectivity index (χ1v) is 20.6. The fourth-order valence-electron chi connectivity index (χ4n) is 7.76. The van der Waals surface area contributed by atoms with E-state index >= 15 is 0 Å². The quantitative estimate of drug-likeness (QED) is 0.120. The molecule has 0 atom stereocenters. The highest BCUT2D eigenvalue weighted by molar-refractivity contribution is 5.96. The molecule has 0 unspecified atom stereocenters. The molecule has 0 spiro atoms. The Hall–Kier alpha value is -8.82. The Morgan fingerprint density at radius 2 is 0.476 bits per heavy atom. The molecule has 4 aromatic carbocycles. The molecule has 0 aliphatic carbocycles. The van der Waals surface area contributed by atoms with Crippen molar-refractivity contribution < 1.29 is 0 Å². The van der Waals surface area contributed by atoms with Gasteiger partial charge in [0.1, 0.15) is 34.9 Å². The molecule has 300 valence electrons. The second-order valence-electron chi connectivity index (χ2n) is 14.5. The molecule has 0 fully saturated rings. The number of hydrogen-bond donors (Lipinski definition) is 0. The van der Waals surface area contributed by atoms with Crippen LogP contribution in [0.1, 0.15) is 0 Å². The predicted molar refractivity (Wildman–Crippen MR) is 254 cm³/mol. The van der Waals surface area contributed by atoms with Crippen LogP contribution in [-0.2, 0) is 0 Å². The first-order valence-electron chi connectivity index (χ1n) is 20.6. The SMILES string of the molecule is c1ccc(N(c2ccc(-c3cccc(-c4ccc(N(c5ccccn5)c5ccccn5)cc4)c3-c3ccc(N(c4ccccn4)c4ccccn4)cc3)cc2)c2ccccn2)nc1. The van der Waals surface area contributed by atoms with Gasteiger partial charge in [-0.15, -0.1) is 0 Å². The summed E-state index contributed by atoms with van der Waals surface area (Å²) in [6, 6.07) is 67.8. The van der Waals surface area contributed by atoms with E-state index in [0.29, 0.717) is 0 Å². The maximum atomic E-state index is 4.70. The summed E-state index contributed by atoms with van der Waals surface area (Å²) in [5.74, 6) is 4.69. The molecule has 63 heavy (non-hydrogen) atoms. The number of anilines is 9. The van der Waals surface area contributed by atoms with Crippen molar-refractivity contribution in [3.05, 3.63) is 237 Å². The zero-order valence-electron chi connectivity index (χ0n) is 34.0. The van der Waals surface area contributed by atoms with Gasteiger partial charge in [-0.2, -0.15) is 0 Å². The van der Waals surface area contributed by atoms with Crippen molar-refractivity contribution in [3.8, 4) is 33.4 Å². The average Bonchev–Trinajstić information content (AvgIpc) is 3.37. The number of aromatic nitrogens is 6. The molecule has 6 aromatic heterocycles. The lowest BCUT2D eigenvalue weighted by atomic mass is 9.87. The molecule has 0 saturated heterocycles. The summed E-state index contributed by atoms with van der Waals surface area (Å²) in [4.78, 5) is 34.3. The minimum Gasteiger partial charge on any atom is -0.279 e. The van der Waals surface area contributed by atoms with Crippen LogP contribution in [-0.4, -0.2) is 29.9 Å². The van der Waals surface area contributed by atoms with Gasteiger partial charge in [-0.1, -0.05) is 91.0 Å². The lowest BCUT2D eigenvalue weighted by molar-refractivity contribution is 1.12.